The predicted octanol–water partition coefficient (Wildman–Crippen LogP) is 2.75. The Morgan fingerprint density at radius 2 is 2.00 bits per heavy atom. The number of aryl methyl sites for hydroxylation is 2. The minimum absolute atomic E-state index is 0.161. The van der Waals surface area contributed by atoms with Crippen molar-refractivity contribution >= 4 is 21.6 Å². The molecule has 2 N–H and O–H groups in total. The normalized spacial score (nSPS) is 14.5. The van der Waals surface area contributed by atoms with E-state index in [0.717, 1.165) is 58.0 Å². The van der Waals surface area contributed by atoms with E-state index in [2.05, 4.69) is 22.9 Å². The van der Waals surface area contributed by atoms with E-state index < -0.39 is 0 Å². The van der Waals surface area contributed by atoms with Gasteiger partial charge in [0.25, 0.3) is 5.56 Å². The van der Waals surface area contributed by atoms with E-state index in [9.17, 15) is 4.79 Å². The summed E-state index contributed by atoms with van der Waals surface area (Å²) in [6.45, 7) is 9.23. The van der Waals surface area contributed by atoms with Crippen molar-refractivity contribution in [2.45, 2.75) is 40.3 Å². The number of hydrogen-bond donors (Lipinski definition) is 1. The average molecular weight is 385 g/mol. The maximum absolute atomic E-state index is 12.9. The molecule has 0 spiro atoms. The first kappa shape index (κ1) is 18.0. The number of thiophene rings is 1. The van der Waals surface area contributed by atoms with Crippen LogP contribution in [0.25, 0.3) is 10.2 Å². The molecule has 0 aliphatic carbocycles. The number of nitrogens with two attached hydrogens (primary N) is 1. The van der Waals surface area contributed by atoms with Gasteiger partial charge in [-0.05, 0) is 55.6 Å². The summed E-state index contributed by atoms with van der Waals surface area (Å²) >= 11 is 1.61. The number of hydrogen-bond acceptors (Lipinski definition) is 6. The lowest BCUT2D eigenvalue weighted by Crippen LogP contribution is -2.33. The van der Waals surface area contributed by atoms with Gasteiger partial charge in [0.2, 0.25) is 0 Å². The van der Waals surface area contributed by atoms with Crippen LogP contribution in [-0.2, 0) is 19.6 Å². The van der Waals surface area contributed by atoms with E-state index in [4.69, 9.17) is 10.6 Å². The van der Waals surface area contributed by atoms with Crippen molar-refractivity contribution in [3.63, 3.8) is 0 Å². The van der Waals surface area contributed by atoms with Gasteiger partial charge in [-0.2, -0.15) is 0 Å². The Bertz CT molecular complexity index is 1050. The average Bonchev–Trinajstić information content (AvgIpc) is 3.00. The van der Waals surface area contributed by atoms with E-state index >= 15 is 0 Å². The molecule has 4 rings (SSSR count). The summed E-state index contributed by atoms with van der Waals surface area (Å²) in [5, 5.41) is 0.684. The highest BCUT2D eigenvalue weighted by atomic mass is 32.1. The maximum Gasteiger partial charge on any atom is 0.281 e. The first-order valence-corrected chi connectivity index (χ1v) is 10.0. The maximum atomic E-state index is 12.9. The molecule has 0 fully saturated rings. The largest absolute Gasteiger partial charge is 0.486 e. The summed E-state index contributed by atoms with van der Waals surface area (Å²) in [7, 11) is 0. The van der Waals surface area contributed by atoms with Gasteiger partial charge in [-0.3, -0.25) is 9.69 Å². The monoisotopic (exact) mass is 384 g/mol. The van der Waals surface area contributed by atoms with Crippen molar-refractivity contribution in [2.24, 2.45) is 0 Å². The lowest BCUT2D eigenvalue weighted by atomic mass is 10.1. The van der Waals surface area contributed by atoms with Gasteiger partial charge >= 0.3 is 0 Å². The minimum atomic E-state index is -0.179. The SMILES string of the molecule is CCN1CCc2c(sc3nc(COc4cc(C)cc(C)c4)n(N)c(=O)c23)C1. The molecule has 3 aromatic rings. The zero-order chi connectivity index (χ0) is 19.1. The van der Waals surface area contributed by atoms with E-state index in [1.807, 2.05) is 26.0 Å². The van der Waals surface area contributed by atoms with Crippen molar-refractivity contribution in [3.05, 3.63) is 55.9 Å². The van der Waals surface area contributed by atoms with Crippen LogP contribution in [0.3, 0.4) is 0 Å². The molecule has 1 aliphatic heterocycles. The quantitative estimate of drug-likeness (QED) is 0.700. The highest BCUT2D eigenvalue weighted by Crippen LogP contribution is 2.32. The molecule has 27 heavy (non-hydrogen) atoms. The van der Waals surface area contributed by atoms with Gasteiger partial charge in [-0.15, -0.1) is 11.3 Å². The lowest BCUT2D eigenvalue weighted by molar-refractivity contribution is 0.272. The van der Waals surface area contributed by atoms with Gasteiger partial charge in [0, 0.05) is 18.0 Å². The van der Waals surface area contributed by atoms with E-state index in [1.54, 1.807) is 11.3 Å². The molecule has 1 aromatic carbocycles. The van der Waals surface area contributed by atoms with Crippen LogP contribution < -0.4 is 16.1 Å². The first-order chi connectivity index (χ1) is 13.0. The highest BCUT2D eigenvalue weighted by Gasteiger charge is 2.24. The molecule has 0 amide bonds. The summed E-state index contributed by atoms with van der Waals surface area (Å²) in [5.74, 6) is 7.27. The molecular formula is C20H24N4O2S. The van der Waals surface area contributed by atoms with Crippen LogP contribution in [0.4, 0.5) is 0 Å². The Morgan fingerprint density at radius 3 is 2.70 bits per heavy atom. The fourth-order valence-corrected chi connectivity index (χ4v) is 4.96. The molecule has 7 heteroatoms. The number of benzene rings is 1. The smallest absolute Gasteiger partial charge is 0.281 e. The van der Waals surface area contributed by atoms with Crippen molar-refractivity contribution < 1.29 is 4.74 Å². The molecule has 142 valence electrons. The number of rotatable bonds is 4. The fraction of sp³-hybridized carbons (Fsp3) is 0.400. The number of ether oxygens (including phenoxy) is 1. The third-order valence-corrected chi connectivity index (χ3v) is 6.18. The summed E-state index contributed by atoms with van der Waals surface area (Å²) in [4.78, 5) is 21.9. The Kier molecular flexibility index (Phi) is 4.65. The Balaban J connectivity index is 1.68. The second-order valence-corrected chi connectivity index (χ2v) is 8.20. The van der Waals surface area contributed by atoms with Gasteiger partial charge in [0.1, 0.15) is 17.2 Å². The molecule has 1 aliphatic rings. The Hall–Kier alpha value is -2.38. The standard InChI is InChI=1S/C20H24N4O2S/c1-4-23-6-5-15-16(10-23)27-19-18(15)20(25)24(21)17(22-19)11-26-14-8-12(2)7-13(3)9-14/h7-9H,4-6,10-11,21H2,1-3H3. The molecule has 0 radical (unpaired) electrons. The van der Waals surface area contributed by atoms with E-state index in [-0.39, 0.29) is 12.2 Å². The molecule has 0 bridgehead atoms. The Morgan fingerprint density at radius 1 is 1.26 bits per heavy atom. The molecule has 0 unspecified atom stereocenters. The van der Waals surface area contributed by atoms with Crippen LogP contribution >= 0.6 is 11.3 Å². The summed E-state index contributed by atoms with van der Waals surface area (Å²) < 4.78 is 7.01. The second-order valence-electron chi connectivity index (χ2n) is 7.12. The zero-order valence-electron chi connectivity index (χ0n) is 15.9. The summed E-state index contributed by atoms with van der Waals surface area (Å²) in [6, 6.07) is 6.02. The topological polar surface area (TPSA) is 73.4 Å². The van der Waals surface area contributed by atoms with Gasteiger partial charge in [0.15, 0.2) is 5.82 Å². The Labute approximate surface area is 162 Å². The van der Waals surface area contributed by atoms with Crippen molar-refractivity contribution in [3.8, 4) is 5.75 Å². The lowest BCUT2D eigenvalue weighted by Gasteiger charge is -2.24. The van der Waals surface area contributed by atoms with Crippen LogP contribution in [-0.4, -0.2) is 27.6 Å². The zero-order valence-corrected chi connectivity index (χ0v) is 16.7. The van der Waals surface area contributed by atoms with E-state index in [1.165, 1.54) is 4.88 Å². The molecule has 3 heterocycles. The van der Waals surface area contributed by atoms with Crippen LogP contribution in [0.2, 0.25) is 0 Å². The molecular weight excluding hydrogens is 360 g/mol. The number of fused-ring (bicyclic) bond motifs is 3. The summed E-state index contributed by atoms with van der Waals surface area (Å²) in [5.41, 5.74) is 3.20. The number of nitrogens with zero attached hydrogens (tertiary/aromatic N) is 3. The third-order valence-electron chi connectivity index (χ3n) is 5.07. The van der Waals surface area contributed by atoms with Crippen LogP contribution in [0, 0.1) is 13.8 Å². The van der Waals surface area contributed by atoms with Crippen LogP contribution in [0.15, 0.2) is 23.0 Å². The van der Waals surface area contributed by atoms with Crippen molar-refractivity contribution in [1.82, 2.24) is 14.6 Å². The number of likely N-dealkylation sites (N-methyl/N-ethyl adjacent to an activating group) is 1. The van der Waals surface area contributed by atoms with E-state index in [0.29, 0.717) is 11.2 Å². The molecule has 0 saturated heterocycles. The summed E-state index contributed by atoms with van der Waals surface area (Å²) in [6.07, 6.45) is 0.874. The van der Waals surface area contributed by atoms with Crippen LogP contribution in [0.1, 0.15) is 34.3 Å². The van der Waals surface area contributed by atoms with Crippen molar-refractivity contribution in [2.75, 3.05) is 18.9 Å². The number of aromatic nitrogens is 2. The third kappa shape index (κ3) is 3.33. The number of nitrogen functional groups attached to an aromatic ring is 1. The van der Waals surface area contributed by atoms with Gasteiger partial charge < -0.3 is 10.6 Å². The minimum Gasteiger partial charge on any atom is -0.486 e. The molecule has 0 atom stereocenters. The van der Waals surface area contributed by atoms with Gasteiger partial charge in [0.05, 0.1) is 5.39 Å². The highest BCUT2D eigenvalue weighted by molar-refractivity contribution is 7.18. The predicted molar refractivity (Wildman–Crippen MR) is 109 cm³/mol. The van der Waals surface area contributed by atoms with Crippen LogP contribution in [0.5, 0.6) is 5.75 Å². The second kappa shape index (κ2) is 6.98. The van der Waals surface area contributed by atoms with Gasteiger partial charge in [-0.25, -0.2) is 9.66 Å². The molecule has 2 aromatic heterocycles. The molecule has 6 nitrogen and oxygen atoms in total. The van der Waals surface area contributed by atoms with Gasteiger partial charge in [-0.1, -0.05) is 13.0 Å². The first-order valence-electron chi connectivity index (χ1n) is 9.21. The molecule has 0 saturated carbocycles. The van der Waals surface area contributed by atoms with Crippen molar-refractivity contribution in [1.29, 1.82) is 0 Å². The fourth-order valence-electron chi connectivity index (χ4n) is 3.69.